The normalized spacial score (nSPS) is 19.8. The number of hydrogen-bond acceptors (Lipinski definition) is 7. The number of aromatic nitrogens is 1. The fraction of sp³-hybridized carbons (Fsp3) is 0.394. The van der Waals surface area contributed by atoms with E-state index in [9.17, 15) is 14.0 Å². The largest absolute Gasteiger partial charge is 0.495 e. The number of halogens is 2. The molecule has 0 radical (unpaired) electrons. The SMILES string of the molecule is COc1cc(C(=O)NC[C@H](c2cc3c(c(-c4ccc(F)c(Cl)c4C)n2)OC[C@]3(C)C(N)=O)C2CC2)cc(C=NC2CC2)c1N. The minimum absolute atomic E-state index is 0.00871. The molecule has 0 saturated heterocycles. The van der Waals surface area contributed by atoms with Gasteiger partial charge in [-0.1, -0.05) is 11.6 Å². The van der Waals surface area contributed by atoms with Gasteiger partial charge in [-0.25, -0.2) is 9.37 Å². The summed E-state index contributed by atoms with van der Waals surface area (Å²) in [5.74, 6) is -0.417. The number of amides is 2. The van der Waals surface area contributed by atoms with Crippen LogP contribution in [0.1, 0.15) is 71.3 Å². The van der Waals surface area contributed by atoms with Crippen molar-refractivity contribution in [2.45, 2.75) is 56.9 Å². The van der Waals surface area contributed by atoms with Crippen LogP contribution in [0.15, 0.2) is 35.3 Å². The number of carbonyl (C=O) groups excluding carboxylic acids is 2. The van der Waals surface area contributed by atoms with E-state index in [0.717, 1.165) is 25.7 Å². The molecule has 2 aromatic carbocycles. The van der Waals surface area contributed by atoms with Crippen molar-refractivity contribution in [3.05, 3.63) is 69.1 Å². The van der Waals surface area contributed by atoms with Crippen LogP contribution in [-0.2, 0) is 10.2 Å². The smallest absolute Gasteiger partial charge is 0.251 e. The Hall–Kier alpha value is -4.18. The maximum absolute atomic E-state index is 14.3. The Kier molecular flexibility index (Phi) is 7.73. The van der Waals surface area contributed by atoms with Crippen molar-refractivity contribution < 1.29 is 23.5 Å². The number of primary amides is 1. The van der Waals surface area contributed by atoms with Gasteiger partial charge in [-0.2, -0.15) is 0 Å². The van der Waals surface area contributed by atoms with Crippen LogP contribution in [0.3, 0.4) is 0 Å². The van der Waals surface area contributed by atoms with Gasteiger partial charge in [-0.05, 0) is 81.3 Å². The summed E-state index contributed by atoms with van der Waals surface area (Å²) < 4.78 is 25.8. The standard InChI is InChI=1S/C33H35ClFN5O4/c1-16-21(8-9-24(35)27(16)34)29-30-23(33(2,15-44-30)32(37)42)12-25(40-29)22(17-4-5-17)14-39-31(41)18-10-19(13-38-20-6-7-20)28(36)26(11-18)43-3/h8-13,17,20,22H,4-7,14-15,36H2,1-3H3,(H2,37,42)(H,39,41)/t22-,33-/m0/s1. The fourth-order valence-corrected chi connectivity index (χ4v) is 5.83. The number of nitrogen functional groups attached to an aromatic ring is 1. The zero-order valence-corrected chi connectivity index (χ0v) is 25.6. The predicted octanol–water partition coefficient (Wildman–Crippen LogP) is 5.08. The lowest BCUT2D eigenvalue weighted by molar-refractivity contribution is -0.123. The maximum Gasteiger partial charge on any atom is 0.251 e. The van der Waals surface area contributed by atoms with Gasteiger partial charge in [0, 0.05) is 46.6 Å². The van der Waals surface area contributed by atoms with Crippen molar-refractivity contribution >= 4 is 35.3 Å². The van der Waals surface area contributed by atoms with Crippen molar-refractivity contribution in [3.8, 4) is 22.8 Å². The molecule has 11 heteroatoms. The second-order valence-electron chi connectivity index (χ2n) is 12.1. The van der Waals surface area contributed by atoms with Gasteiger partial charge in [0.25, 0.3) is 5.91 Å². The van der Waals surface area contributed by atoms with E-state index >= 15 is 0 Å². The number of aliphatic imine (C=N–C) groups is 1. The second kappa shape index (κ2) is 11.4. The van der Waals surface area contributed by atoms with Gasteiger partial charge in [0.1, 0.15) is 35.0 Å². The van der Waals surface area contributed by atoms with E-state index in [1.807, 2.05) is 6.07 Å². The van der Waals surface area contributed by atoms with Crippen LogP contribution in [0.25, 0.3) is 11.3 Å². The highest BCUT2D eigenvalue weighted by molar-refractivity contribution is 6.31. The first-order chi connectivity index (χ1) is 21.0. The third-order valence-corrected chi connectivity index (χ3v) is 9.38. The van der Waals surface area contributed by atoms with Crippen LogP contribution >= 0.6 is 11.6 Å². The summed E-state index contributed by atoms with van der Waals surface area (Å²) in [4.78, 5) is 35.7. The van der Waals surface area contributed by atoms with Gasteiger partial charge >= 0.3 is 0 Å². The van der Waals surface area contributed by atoms with Gasteiger partial charge in [-0.3, -0.25) is 14.6 Å². The Bertz CT molecular complexity index is 1700. The topological polar surface area (TPSA) is 142 Å². The van der Waals surface area contributed by atoms with Crippen LogP contribution in [0.4, 0.5) is 10.1 Å². The molecule has 0 spiro atoms. The molecule has 2 saturated carbocycles. The Morgan fingerprint density at radius 3 is 2.68 bits per heavy atom. The van der Waals surface area contributed by atoms with Crippen molar-refractivity contribution in [2.75, 3.05) is 26.0 Å². The first kappa shape index (κ1) is 29.9. The number of pyridine rings is 1. The molecule has 3 aliphatic rings. The molecule has 2 atom stereocenters. The van der Waals surface area contributed by atoms with E-state index in [1.54, 1.807) is 38.3 Å². The number of benzene rings is 2. The molecule has 5 N–H and O–H groups in total. The summed E-state index contributed by atoms with van der Waals surface area (Å²) in [6, 6.07) is 8.40. The number of nitrogens with zero attached hydrogens (tertiary/aromatic N) is 2. The molecule has 2 heterocycles. The van der Waals surface area contributed by atoms with Crippen molar-refractivity contribution in [1.29, 1.82) is 0 Å². The molecule has 44 heavy (non-hydrogen) atoms. The Morgan fingerprint density at radius 2 is 2.02 bits per heavy atom. The molecule has 1 aliphatic heterocycles. The third kappa shape index (κ3) is 5.47. The van der Waals surface area contributed by atoms with E-state index in [-0.39, 0.29) is 29.4 Å². The summed E-state index contributed by atoms with van der Waals surface area (Å²) in [6.45, 7) is 3.81. The maximum atomic E-state index is 14.3. The van der Waals surface area contributed by atoms with E-state index in [0.29, 0.717) is 69.0 Å². The molecule has 2 aliphatic carbocycles. The molecule has 2 amide bonds. The Balaban J connectivity index is 1.35. The van der Waals surface area contributed by atoms with Gasteiger partial charge in [0.2, 0.25) is 5.91 Å². The summed E-state index contributed by atoms with van der Waals surface area (Å²) in [6.07, 6.45) is 5.74. The Labute approximate surface area is 260 Å². The van der Waals surface area contributed by atoms with Crippen LogP contribution < -0.4 is 26.3 Å². The molecule has 6 rings (SSSR count). The molecular formula is C33H35ClFN5O4. The lowest BCUT2D eigenvalue weighted by Gasteiger charge is -2.23. The number of fused-ring (bicyclic) bond motifs is 1. The minimum Gasteiger partial charge on any atom is -0.495 e. The van der Waals surface area contributed by atoms with E-state index in [2.05, 4.69) is 10.3 Å². The number of anilines is 1. The molecule has 9 nitrogen and oxygen atoms in total. The highest BCUT2D eigenvalue weighted by Gasteiger charge is 2.45. The van der Waals surface area contributed by atoms with Crippen molar-refractivity contribution in [3.63, 3.8) is 0 Å². The quantitative estimate of drug-likeness (QED) is 0.213. The highest BCUT2D eigenvalue weighted by atomic mass is 35.5. The van der Waals surface area contributed by atoms with Gasteiger partial charge in [0.05, 0.1) is 23.9 Å². The zero-order chi connectivity index (χ0) is 31.3. The minimum atomic E-state index is -1.09. The second-order valence-corrected chi connectivity index (χ2v) is 12.5. The van der Waals surface area contributed by atoms with E-state index < -0.39 is 17.1 Å². The average molecular weight is 620 g/mol. The number of methoxy groups -OCH3 is 1. The highest BCUT2D eigenvalue weighted by Crippen LogP contribution is 2.49. The van der Waals surface area contributed by atoms with E-state index in [1.165, 1.54) is 13.2 Å². The average Bonchev–Trinajstić information content (AvgIpc) is 3.95. The summed E-state index contributed by atoms with van der Waals surface area (Å²) in [7, 11) is 1.51. The number of nitrogens with two attached hydrogens (primary N) is 2. The van der Waals surface area contributed by atoms with Gasteiger partial charge in [0.15, 0.2) is 0 Å². The Morgan fingerprint density at radius 1 is 1.27 bits per heavy atom. The van der Waals surface area contributed by atoms with E-state index in [4.69, 9.17) is 37.5 Å². The number of hydrogen-bond donors (Lipinski definition) is 3. The number of carbonyl (C=O) groups is 2. The molecular weight excluding hydrogens is 585 g/mol. The molecule has 1 aromatic heterocycles. The molecule has 0 bridgehead atoms. The molecule has 230 valence electrons. The lowest BCUT2D eigenvalue weighted by atomic mass is 9.82. The first-order valence-electron chi connectivity index (χ1n) is 14.7. The van der Waals surface area contributed by atoms with Crippen LogP contribution in [0.2, 0.25) is 5.02 Å². The van der Waals surface area contributed by atoms with Crippen LogP contribution in [-0.4, -0.2) is 49.3 Å². The monoisotopic (exact) mass is 619 g/mol. The number of ether oxygens (including phenoxy) is 2. The number of nitrogens with one attached hydrogen (secondary N) is 1. The van der Waals surface area contributed by atoms with Crippen molar-refractivity contribution in [1.82, 2.24) is 10.3 Å². The third-order valence-electron chi connectivity index (χ3n) is 8.91. The summed E-state index contributed by atoms with van der Waals surface area (Å²) >= 11 is 6.29. The summed E-state index contributed by atoms with van der Waals surface area (Å²) in [5, 5.41) is 3.07. The zero-order valence-electron chi connectivity index (χ0n) is 24.9. The molecule has 3 aromatic rings. The van der Waals surface area contributed by atoms with Crippen LogP contribution in [0, 0.1) is 18.7 Å². The molecule has 0 unspecified atom stereocenters. The van der Waals surface area contributed by atoms with Crippen molar-refractivity contribution in [2.24, 2.45) is 16.6 Å². The fourth-order valence-electron chi connectivity index (χ4n) is 5.67. The van der Waals surface area contributed by atoms with Gasteiger partial charge < -0.3 is 26.3 Å². The lowest BCUT2D eigenvalue weighted by Crippen LogP contribution is -2.40. The van der Waals surface area contributed by atoms with Crippen LogP contribution in [0.5, 0.6) is 11.5 Å². The first-order valence-corrected chi connectivity index (χ1v) is 15.1. The predicted molar refractivity (Wildman–Crippen MR) is 167 cm³/mol. The number of rotatable bonds is 10. The molecule has 2 fully saturated rings. The summed E-state index contributed by atoms with van der Waals surface area (Å²) in [5.41, 5.74) is 15.4. The van der Waals surface area contributed by atoms with Gasteiger partial charge in [-0.15, -0.1) is 0 Å².